The van der Waals surface area contributed by atoms with Crippen molar-refractivity contribution in [1.29, 1.82) is 5.26 Å². The predicted octanol–water partition coefficient (Wildman–Crippen LogP) is 6.71. The first-order valence-electron chi connectivity index (χ1n) is 14.5. The Labute approximate surface area is 266 Å². The number of nitrogens with one attached hydrogen (secondary N) is 2. The van der Waals surface area contributed by atoms with E-state index in [0.29, 0.717) is 17.8 Å². The van der Waals surface area contributed by atoms with Gasteiger partial charge in [0.05, 0.1) is 29.9 Å². The summed E-state index contributed by atoms with van der Waals surface area (Å²) in [7, 11) is 0. The van der Waals surface area contributed by atoms with Gasteiger partial charge in [-0.1, -0.05) is 62.4 Å². The summed E-state index contributed by atoms with van der Waals surface area (Å²) in [5.74, 6) is -0.303. The number of hydrogen-bond donors (Lipinski definition) is 2. The number of thiocarbonyl (C=S) groups is 1. The fourth-order valence-corrected chi connectivity index (χ4v) is 5.12. The van der Waals surface area contributed by atoms with Crippen molar-refractivity contribution in [2.75, 3.05) is 11.9 Å². The van der Waals surface area contributed by atoms with Gasteiger partial charge in [-0.3, -0.25) is 4.79 Å². The van der Waals surface area contributed by atoms with E-state index in [1.165, 1.54) is 12.1 Å². The molecule has 1 aromatic heterocycles. The van der Waals surface area contributed by atoms with E-state index in [0.717, 1.165) is 22.9 Å². The number of aromatic nitrogens is 2. The first-order chi connectivity index (χ1) is 21.4. The molecule has 0 saturated heterocycles. The van der Waals surface area contributed by atoms with Gasteiger partial charge in [0, 0.05) is 43.3 Å². The average Bonchev–Trinajstić information content (AvgIpc) is 3.43. The minimum absolute atomic E-state index is 0.0564. The summed E-state index contributed by atoms with van der Waals surface area (Å²) in [6.07, 6.45) is -1.19. The second kappa shape index (κ2) is 14.9. The summed E-state index contributed by atoms with van der Waals surface area (Å²) in [6, 6.07) is 21.8. The van der Waals surface area contributed by atoms with E-state index in [4.69, 9.17) is 17.5 Å². The number of anilines is 1. The number of nitrogens with zero attached hydrogens (tertiary/aromatic N) is 4. The highest BCUT2D eigenvalue weighted by Crippen LogP contribution is 2.32. The quantitative estimate of drug-likeness (QED) is 0.179. The lowest BCUT2D eigenvalue weighted by Gasteiger charge is -2.33. The third kappa shape index (κ3) is 9.16. The highest BCUT2D eigenvalue weighted by atomic mass is 32.1. The SMILES string of the molecule is Cc1ccccc1NC(=S)N(Cc1ccccc1C(F)(F)F)C[C@@H](NC(=O)Cc1cncn1Cc1ccc(C#N)cc1)C(C)C. The van der Waals surface area contributed by atoms with Crippen molar-refractivity contribution in [2.24, 2.45) is 5.92 Å². The van der Waals surface area contributed by atoms with Crippen LogP contribution in [0.4, 0.5) is 18.9 Å². The van der Waals surface area contributed by atoms with Crippen molar-refractivity contribution in [3.63, 3.8) is 0 Å². The largest absolute Gasteiger partial charge is 0.416 e. The number of amides is 1. The van der Waals surface area contributed by atoms with Crippen LogP contribution < -0.4 is 10.6 Å². The van der Waals surface area contributed by atoms with Gasteiger partial charge in [-0.05, 0) is 66.0 Å². The Morgan fingerprint density at radius 1 is 1.07 bits per heavy atom. The minimum Gasteiger partial charge on any atom is -0.351 e. The topological polar surface area (TPSA) is 86.0 Å². The lowest BCUT2D eigenvalue weighted by molar-refractivity contribution is -0.138. The van der Waals surface area contributed by atoms with Gasteiger partial charge in [0.2, 0.25) is 5.91 Å². The van der Waals surface area contributed by atoms with E-state index in [-0.39, 0.29) is 42.0 Å². The van der Waals surface area contributed by atoms with Crippen LogP contribution in [0.1, 0.15) is 47.4 Å². The van der Waals surface area contributed by atoms with Crippen molar-refractivity contribution >= 4 is 28.9 Å². The van der Waals surface area contributed by atoms with Crippen LogP contribution in [0.15, 0.2) is 85.3 Å². The Kier molecular flexibility index (Phi) is 11.0. The Bertz CT molecular complexity index is 1660. The molecule has 0 spiro atoms. The third-order valence-electron chi connectivity index (χ3n) is 7.50. The minimum atomic E-state index is -4.53. The van der Waals surface area contributed by atoms with Crippen molar-refractivity contribution in [1.82, 2.24) is 19.8 Å². The van der Waals surface area contributed by atoms with Crippen LogP contribution in [-0.4, -0.2) is 38.1 Å². The number of rotatable bonds is 11. The van der Waals surface area contributed by atoms with Gasteiger partial charge < -0.3 is 20.1 Å². The zero-order chi connectivity index (χ0) is 32.6. The molecule has 0 aliphatic heterocycles. The molecule has 3 aromatic carbocycles. The summed E-state index contributed by atoms with van der Waals surface area (Å²) in [5.41, 5.74) is 3.26. The Morgan fingerprint density at radius 3 is 2.42 bits per heavy atom. The highest BCUT2D eigenvalue weighted by molar-refractivity contribution is 7.80. The number of halogens is 3. The molecule has 0 fully saturated rings. The molecule has 0 bridgehead atoms. The molecule has 234 valence electrons. The third-order valence-corrected chi connectivity index (χ3v) is 7.86. The molecular formula is C34H35F3N6OS. The zero-order valence-corrected chi connectivity index (χ0v) is 26.1. The van der Waals surface area contributed by atoms with E-state index in [9.17, 15) is 18.0 Å². The van der Waals surface area contributed by atoms with E-state index in [1.807, 2.05) is 61.7 Å². The molecule has 45 heavy (non-hydrogen) atoms. The number of imidazole rings is 1. The van der Waals surface area contributed by atoms with Crippen molar-refractivity contribution < 1.29 is 18.0 Å². The molecule has 0 unspecified atom stereocenters. The van der Waals surface area contributed by atoms with Crippen molar-refractivity contribution in [3.8, 4) is 6.07 Å². The molecule has 4 aromatic rings. The van der Waals surface area contributed by atoms with E-state index < -0.39 is 17.8 Å². The van der Waals surface area contributed by atoms with Gasteiger partial charge in [0.25, 0.3) is 0 Å². The summed E-state index contributed by atoms with van der Waals surface area (Å²) in [5, 5.41) is 15.6. The van der Waals surface area contributed by atoms with Gasteiger partial charge in [-0.15, -0.1) is 0 Å². The van der Waals surface area contributed by atoms with Crippen LogP contribution in [-0.2, 0) is 30.5 Å². The number of carbonyl (C=O) groups excluding carboxylic acids is 1. The highest BCUT2D eigenvalue weighted by Gasteiger charge is 2.34. The van der Waals surface area contributed by atoms with E-state index in [1.54, 1.807) is 35.6 Å². The van der Waals surface area contributed by atoms with Gasteiger partial charge in [0.1, 0.15) is 0 Å². The van der Waals surface area contributed by atoms with E-state index >= 15 is 0 Å². The summed E-state index contributed by atoms with van der Waals surface area (Å²) >= 11 is 5.75. The molecular weight excluding hydrogens is 597 g/mol. The molecule has 1 heterocycles. The van der Waals surface area contributed by atoms with Crippen LogP contribution in [0.5, 0.6) is 0 Å². The smallest absolute Gasteiger partial charge is 0.351 e. The van der Waals surface area contributed by atoms with Crippen LogP contribution in [0, 0.1) is 24.2 Å². The number of alkyl halides is 3. The van der Waals surface area contributed by atoms with Crippen molar-refractivity contribution in [2.45, 2.75) is 52.5 Å². The molecule has 1 amide bonds. The Morgan fingerprint density at radius 2 is 1.76 bits per heavy atom. The standard InChI is InChI=1S/C34H35F3N6OS/c1-23(2)31(40-32(44)16-28-18-39-22-43(28)19-26-14-12-25(17-38)13-15-26)21-42(33(45)41-30-11-7-4-8-24(30)3)20-27-9-5-6-10-29(27)34(35,36)37/h4-15,18,22-23,31H,16,19-21H2,1-3H3,(H,40,44)(H,41,45)/t31-/m1/s1. The van der Waals surface area contributed by atoms with Gasteiger partial charge in [-0.2, -0.15) is 18.4 Å². The van der Waals surface area contributed by atoms with Crippen molar-refractivity contribution in [3.05, 3.63) is 119 Å². The van der Waals surface area contributed by atoms with Crippen LogP contribution in [0.3, 0.4) is 0 Å². The van der Waals surface area contributed by atoms with Gasteiger partial charge in [0.15, 0.2) is 5.11 Å². The van der Waals surface area contributed by atoms with Crippen LogP contribution in [0.2, 0.25) is 0 Å². The molecule has 0 radical (unpaired) electrons. The summed E-state index contributed by atoms with van der Waals surface area (Å²) in [4.78, 5) is 19.2. The molecule has 0 aliphatic carbocycles. The Balaban J connectivity index is 1.52. The lowest BCUT2D eigenvalue weighted by atomic mass is 10.0. The average molecular weight is 633 g/mol. The Hall–Kier alpha value is -4.69. The first kappa shape index (κ1) is 33.2. The molecule has 0 saturated carbocycles. The number of aryl methyl sites for hydroxylation is 1. The summed E-state index contributed by atoms with van der Waals surface area (Å²) in [6.45, 7) is 6.35. The maximum Gasteiger partial charge on any atom is 0.416 e. The second-order valence-corrected chi connectivity index (χ2v) is 11.6. The number of carbonyl (C=O) groups is 1. The van der Waals surface area contributed by atoms with E-state index in [2.05, 4.69) is 21.7 Å². The molecule has 2 N–H and O–H groups in total. The molecule has 0 aliphatic rings. The van der Waals surface area contributed by atoms with Gasteiger partial charge in [-0.25, -0.2) is 4.98 Å². The first-order valence-corrected chi connectivity index (χ1v) is 14.9. The molecule has 4 rings (SSSR count). The fourth-order valence-electron chi connectivity index (χ4n) is 4.87. The normalized spacial score (nSPS) is 12.0. The number of benzene rings is 3. The fraction of sp³-hybridized carbons (Fsp3) is 0.294. The predicted molar refractivity (Wildman–Crippen MR) is 172 cm³/mol. The monoisotopic (exact) mass is 632 g/mol. The molecule has 1 atom stereocenters. The number of nitriles is 1. The second-order valence-electron chi connectivity index (χ2n) is 11.2. The zero-order valence-electron chi connectivity index (χ0n) is 25.3. The molecule has 7 nitrogen and oxygen atoms in total. The maximum absolute atomic E-state index is 13.9. The van der Waals surface area contributed by atoms with Crippen LogP contribution in [0.25, 0.3) is 0 Å². The lowest BCUT2D eigenvalue weighted by Crippen LogP contribution is -2.49. The van der Waals surface area contributed by atoms with Crippen LogP contribution >= 0.6 is 12.2 Å². The number of hydrogen-bond acceptors (Lipinski definition) is 4. The molecule has 11 heteroatoms. The number of para-hydroxylation sites is 1. The maximum atomic E-state index is 13.9. The summed E-state index contributed by atoms with van der Waals surface area (Å²) < 4.78 is 43.6. The van der Waals surface area contributed by atoms with Gasteiger partial charge >= 0.3 is 6.18 Å².